The molecule has 0 spiro atoms. The van der Waals surface area contributed by atoms with E-state index in [9.17, 15) is 0 Å². The predicted molar refractivity (Wildman–Crippen MR) is 81.7 cm³/mol. The Kier molecular flexibility index (Phi) is 2.78. The largest absolute Gasteiger partial charge is 0.356 e. The summed E-state index contributed by atoms with van der Waals surface area (Å²) in [6.07, 6.45) is 0. The monoisotopic (exact) mass is 272 g/mol. The third kappa shape index (κ3) is 2.14. The lowest BCUT2D eigenvalue weighted by molar-refractivity contribution is 0.136. The standard InChI is InChI=1S/C17H24N2O/c1-16(2,3)15-13-7-11-9-19(17(4,5)6)10-12(11)8-14(13)20-18-15/h7-8H,9-10H2,1-6H3. The normalized spacial score (nSPS) is 16.9. The summed E-state index contributed by atoms with van der Waals surface area (Å²) in [6.45, 7) is 15.4. The Hall–Kier alpha value is -1.35. The van der Waals surface area contributed by atoms with E-state index in [1.54, 1.807) is 0 Å². The molecule has 0 fully saturated rings. The van der Waals surface area contributed by atoms with Crippen LogP contribution >= 0.6 is 0 Å². The molecule has 0 unspecified atom stereocenters. The van der Waals surface area contributed by atoms with Crippen LogP contribution < -0.4 is 0 Å². The lowest BCUT2D eigenvalue weighted by atomic mass is 9.89. The van der Waals surface area contributed by atoms with Gasteiger partial charge >= 0.3 is 0 Å². The molecule has 1 aromatic heterocycles. The number of aromatic nitrogens is 1. The smallest absolute Gasteiger partial charge is 0.167 e. The van der Waals surface area contributed by atoms with E-state index in [4.69, 9.17) is 4.52 Å². The predicted octanol–water partition coefficient (Wildman–Crippen LogP) is 4.24. The van der Waals surface area contributed by atoms with Crippen molar-refractivity contribution in [2.45, 2.75) is 65.6 Å². The van der Waals surface area contributed by atoms with Gasteiger partial charge in [-0.15, -0.1) is 0 Å². The Morgan fingerprint density at radius 1 is 1.00 bits per heavy atom. The fourth-order valence-corrected chi connectivity index (χ4v) is 2.85. The average molecular weight is 272 g/mol. The molecule has 2 aromatic rings. The summed E-state index contributed by atoms with van der Waals surface area (Å²) in [4.78, 5) is 2.50. The molecule has 20 heavy (non-hydrogen) atoms. The van der Waals surface area contributed by atoms with Crippen LogP contribution in [0.25, 0.3) is 11.0 Å². The van der Waals surface area contributed by atoms with Crippen LogP contribution in [0.1, 0.15) is 58.4 Å². The first kappa shape index (κ1) is 13.6. The summed E-state index contributed by atoms with van der Waals surface area (Å²) in [6, 6.07) is 4.46. The van der Waals surface area contributed by atoms with Crippen molar-refractivity contribution in [2.24, 2.45) is 0 Å². The molecule has 1 aliphatic heterocycles. The van der Waals surface area contributed by atoms with Crippen molar-refractivity contribution in [3.8, 4) is 0 Å². The third-order valence-corrected chi connectivity index (χ3v) is 4.17. The van der Waals surface area contributed by atoms with Gasteiger partial charge < -0.3 is 4.52 Å². The summed E-state index contributed by atoms with van der Waals surface area (Å²) >= 11 is 0. The summed E-state index contributed by atoms with van der Waals surface area (Å²) in [5, 5.41) is 5.46. The van der Waals surface area contributed by atoms with Gasteiger partial charge in [0, 0.05) is 29.4 Å². The second kappa shape index (κ2) is 4.08. The van der Waals surface area contributed by atoms with Gasteiger partial charge in [-0.1, -0.05) is 25.9 Å². The Balaban J connectivity index is 2.07. The minimum Gasteiger partial charge on any atom is -0.356 e. The topological polar surface area (TPSA) is 29.3 Å². The first-order valence-electron chi connectivity index (χ1n) is 7.33. The van der Waals surface area contributed by atoms with Crippen LogP contribution in [0.3, 0.4) is 0 Å². The molecule has 0 radical (unpaired) electrons. The van der Waals surface area contributed by atoms with E-state index in [0.717, 1.165) is 24.4 Å². The van der Waals surface area contributed by atoms with E-state index in [2.05, 4.69) is 63.7 Å². The van der Waals surface area contributed by atoms with Crippen LogP contribution in [0.4, 0.5) is 0 Å². The van der Waals surface area contributed by atoms with E-state index in [1.165, 1.54) is 16.5 Å². The quantitative estimate of drug-likeness (QED) is 0.718. The molecule has 0 N–H and O–H groups in total. The van der Waals surface area contributed by atoms with Gasteiger partial charge in [0.25, 0.3) is 0 Å². The van der Waals surface area contributed by atoms with Crippen molar-refractivity contribution in [3.05, 3.63) is 29.0 Å². The van der Waals surface area contributed by atoms with Crippen LogP contribution in [-0.2, 0) is 18.5 Å². The van der Waals surface area contributed by atoms with Gasteiger partial charge in [0.05, 0.1) is 5.69 Å². The second-order valence-electron chi connectivity index (χ2n) is 7.93. The van der Waals surface area contributed by atoms with Crippen molar-refractivity contribution in [3.63, 3.8) is 0 Å². The molecule has 108 valence electrons. The SMILES string of the molecule is CC(C)(C)c1noc2cc3c(cc12)CN(C(C)(C)C)C3. The fraction of sp³-hybridized carbons (Fsp3) is 0.588. The molecule has 0 aliphatic carbocycles. The highest BCUT2D eigenvalue weighted by Gasteiger charge is 2.30. The van der Waals surface area contributed by atoms with Crippen LogP contribution in [0.15, 0.2) is 16.7 Å². The number of hydrogen-bond acceptors (Lipinski definition) is 3. The lowest BCUT2D eigenvalue weighted by Crippen LogP contribution is -2.36. The maximum absolute atomic E-state index is 5.55. The Labute approximate surface area is 120 Å². The Morgan fingerprint density at radius 3 is 2.15 bits per heavy atom. The lowest BCUT2D eigenvalue weighted by Gasteiger charge is -2.31. The van der Waals surface area contributed by atoms with Gasteiger partial charge in [0.2, 0.25) is 0 Å². The van der Waals surface area contributed by atoms with Gasteiger partial charge in [-0.2, -0.15) is 0 Å². The third-order valence-electron chi connectivity index (χ3n) is 4.17. The van der Waals surface area contributed by atoms with Crippen molar-refractivity contribution in [2.75, 3.05) is 0 Å². The molecule has 0 amide bonds. The fourth-order valence-electron chi connectivity index (χ4n) is 2.85. The molecular formula is C17H24N2O. The minimum atomic E-state index is 0.0157. The molecule has 2 heterocycles. The highest BCUT2D eigenvalue weighted by Crippen LogP contribution is 2.35. The van der Waals surface area contributed by atoms with E-state index in [0.29, 0.717) is 0 Å². The molecule has 0 saturated carbocycles. The molecule has 1 aromatic carbocycles. The zero-order chi connectivity index (χ0) is 14.7. The second-order valence-corrected chi connectivity index (χ2v) is 7.93. The Bertz CT molecular complexity index is 656. The van der Waals surface area contributed by atoms with Crippen LogP contribution in [-0.4, -0.2) is 15.6 Å². The van der Waals surface area contributed by atoms with Crippen molar-refractivity contribution in [1.29, 1.82) is 0 Å². The van der Waals surface area contributed by atoms with Gasteiger partial charge in [0.1, 0.15) is 0 Å². The van der Waals surface area contributed by atoms with E-state index >= 15 is 0 Å². The minimum absolute atomic E-state index is 0.0157. The van der Waals surface area contributed by atoms with E-state index in [-0.39, 0.29) is 11.0 Å². The zero-order valence-electron chi connectivity index (χ0n) is 13.4. The molecule has 1 aliphatic rings. The maximum Gasteiger partial charge on any atom is 0.167 e. The molecule has 3 heteroatoms. The molecular weight excluding hydrogens is 248 g/mol. The average Bonchev–Trinajstić information content (AvgIpc) is 2.85. The number of hydrogen-bond donors (Lipinski definition) is 0. The highest BCUT2D eigenvalue weighted by atomic mass is 16.5. The van der Waals surface area contributed by atoms with Crippen LogP contribution in [0, 0.1) is 0 Å². The van der Waals surface area contributed by atoms with Crippen molar-refractivity contribution >= 4 is 11.0 Å². The van der Waals surface area contributed by atoms with Gasteiger partial charge in [-0.05, 0) is 44.0 Å². The molecule has 0 bridgehead atoms. The first-order chi connectivity index (χ1) is 9.16. The summed E-state index contributed by atoms with van der Waals surface area (Å²) in [5.41, 5.74) is 4.99. The first-order valence-corrected chi connectivity index (χ1v) is 7.33. The highest BCUT2D eigenvalue weighted by molar-refractivity contribution is 5.82. The number of nitrogens with zero attached hydrogens (tertiary/aromatic N) is 2. The van der Waals surface area contributed by atoms with Gasteiger partial charge in [-0.3, -0.25) is 4.90 Å². The molecule has 0 saturated heterocycles. The number of benzene rings is 1. The van der Waals surface area contributed by atoms with Crippen molar-refractivity contribution < 1.29 is 4.52 Å². The van der Waals surface area contributed by atoms with E-state index < -0.39 is 0 Å². The van der Waals surface area contributed by atoms with Crippen LogP contribution in [0.5, 0.6) is 0 Å². The summed E-state index contributed by atoms with van der Waals surface area (Å²) in [5.74, 6) is 0. The Morgan fingerprint density at radius 2 is 1.60 bits per heavy atom. The summed E-state index contributed by atoms with van der Waals surface area (Å²) in [7, 11) is 0. The zero-order valence-corrected chi connectivity index (χ0v) is 13.4. The number of fused-ring (bicyclic) bond motifs is 2. The molecule has 3 nitrogen and oxygen atoms in total. The summed E-state index contributed by atoms with van der Waals surface area (Å²) < 4.78 is 5.55. The van der Waals surface area contributed by atoms with E-state index in [1.807, 2.05) is 0 Å². The van der Waals surface area contributed by atoms with Crippen LogP contribution in [0.2, 0.25) is 0 Å². The number of rotatable bonds is 0. The van der Waals surface area contributed by atoms with Crippen molar-refractivity contribution in [1.82, 2.24) is 10.1 Å². The van der Waals surface area contributed by atoms with Gasteiger partial charge in [-0.25, -0.2) is 0 Å². The molecule has 3 rings (SSSR count). The van der Waals surface area contributed by atoms with Gasteiger partial charge in [0.15, 0.2) is 5.58 Å². The maximum atomic E-state index is 5.55. The molecule has 0 atom stereocenters.